The third kappa shape index (κ3) is 4.93. The zero-order chi connectivity index (χ0) is 17.5. The van der Waals surface area contributed by atoms with E-state index in [-0.39, 0.29) is 12.6 Å². The normalized spacial score (nSPS) is 16.3. The van der Waals surface area contributed by atoms with Crippen molar-refractivity contribution in [3.8, 4) is 0 Å². The maximum Gasteiger partial charge on any atom is 0.309 e. The molecule has 0 aliphatic carbocycles. The van der Waals surface area contributed by atoms with Crippen molar-refractivity contribution in [2.45, 2.75) is 31.8 Å². The second-order valence-corrected chi connectivity index (χ2v) is 6.92. The largest absolute Gasteiger partial charge is 0.467 e. The minimum atomic E-state index is -0.640. The van der Waals surface area contributed by atoms with Gasteiger partial charge in [0.25, 0.3) is 0 Å². The molecule has 2 aromatic rings. The Morgan fingerprint density at radius 3 is 2.64 bits per heavy atom. The van der Waals surface area contributed by atoms with Crippen LogP contribution >= 0.6 is 11.3 Å². The van der Waals surface area contributed by atoms with Crippen LogP contribution in [-0.2, 0) is 16.1 Å². The smallest absolute Gasteiger partial charge is 0.309 e. The third-order valence-electron chi connectivity index (χ3n) is 4.42. The molecule has 6 nitrogen and oxygen atoms in total. The molecule has 1 aliphatic heterocycles. The number of rotatable bonds is 6. The summed E-state index contributed by atoms with van der Waals surface area (Å²) in [7, 11) is 0. The van der Waals surface area contributed by atoms with Crippen molar-refractivity contribution in [1.29, 1.82) is 0 Å². The second-order valence-electron chi connectivity index (χ2n) is 6.14. The number of thiophene rings is 1. The molecule has 2 aromatic heterocycles. The first-order valence-electron chi connectivity index (χ1n) is 8.58. The summed E-state index contributed by atoms with van der Waals surface area (Å²) in [5.74, 6) is -0.631. The molecule has 25 heavy (non-hydrogen) atoms. The van der Waals surface area contributed by atoms with Crippen molar-refractivity contribution < 1.29 is 14.0 Å². The van der Waals surface area contributed by atoms with Gasteiger partial charge in [-0.15, -0.1) is 0 Å². The predicted molar refractivity (Wildman–Crippen MR) is 96.0 cm³/mol. The Morgan fingerprint density at radius 1 is 1.16 bits per heavy atom. The average molecular weight is 361 g/mol. The van der Waals surface area contributed by atoms with E-state index in [9.17, 15) is 9.59 Å². The highest BCUT2D eigenvalue weighted by Crippen LogP contribution is 2.25. The van der Waals surface area contributed by atoms with Crippen LogP contribution in [-0.4, -0.2) is 36.3 Å². The fourth-order valence-corrected chi connectivity index (χ4v) is 3.79. The van der Waals surface area contributed by atoms with Crippen molar-refractivity contribution in [3.63, 3.8) is 0 Å². The van der Waals surface area contributed by atoms with Crippen LogP contribution in [0.25, 0.3) is 0 Å². The molecule has 1 unspecified atom stereocenters. The Balaban J connectivity index is 1.52. The van der Waals surface area contributed by atoms with Crippen LogP contribution in [0.4, 0.5) is 0 Å². The second kappa shape index (κ2) is 8.82. The molecule has 0 spiro atoms. The molecule has 2 N–H and O–H groups in total. The number of likely N-dealkylation sites (tertiary alicyclic amines) is 1. The van der Waals surface area contributed by atoms with Crippen molar-refractivity contribution in [3.05, 3.63) is 46.5 Å². The van der Waals surface area contributed by atoms with E-state index in [1.807, 2.05) is 5.38 Å². The lowest BCUT2D eigenvalue weighted by atomic mass is 10.0. The van der Waals surface area contributed by atoms with Crippen molar-refractivity contribution in [2.75, 3.05) is 19.6 Å². The van der Waals surface area contributed by atoms with Crippen LogP contribution in [0.1, 0.15) is 36.6 Å². The predicted octanol–water partition coefficient (Wildman–Crippen LogP) is 2.30. The lowest BCUT2D eigenvalue weighted by Gasteiger charge is -2.34. The van der Waals surface area contributed by atoms with E-state index >= 15 is 0 Å². The molecule has 134 valence electrons. The highest BCUT2D eigenvalue weighted by molar-refractivity contribution is 7.07. The van der Waals surface area contributed by atoms with E-state index in [2.05, 4.69) is 27.0 Å². The molecule has 3 rings (SSSR count). The summed E-state index contributed by atoms with van der Waals surface area (Å²) in [4.78, 5) is 26.4. The minimum Gasteiger partial charge on any atom is -0.467 e. The van der Waals surface area contributed by atoms with Gasteiger partial charge in [-0.3, -0.25) is 14.5 Å². The van der Waals surface area contributed by atoms with E-state index < -0.39 is 11.8 Å². The molecule has 1 atom stereocenters. The zero-order valence-electron chi connectivity index (χ0n) is 14.1. The summed E-state index contributed by atoms with van der Waals surface area (Å²) in [6.45, 7) is 2.70. The average Bonchev–Trinajstić information content (AvgIpc) is 3.34. The lowest BCUT2D eigenvalue weighted by Crippen LogP contribution is -2.45. The fraction of sp³-hybridized carbons (Fsp3) is 0.444. The zero-order valence-corrected chi connectivity index (χ0v) is 14.9. The van der Waals surface area contributed by atoms with Crippen molar-refractivity contribution >= 4 is 23.2 Å². The van der Waals surface area contributed by atoms with E-state index in [0.717, 1.165) is 13.1 Å². The number of amides is 2. The quantitative estimate of drug-likeness (QED) is 0.774. The first kappa shape index (κ1) is 17.7. The number of furan rings is 1. The molecule has 1 saturated heterocycles. The van der Waals surface area contributed by atoms with E-state index in [4.69, 9.17) is 4.42 Å². The molecular formula is C18H23N3O3S. The van der Waals surface area contributed by atoms with Crippen molar-refractivity contribution in [1.82, 2.24) is 15.5 Å². The van der Waals surface area contributed by atoms with E-state index in [1.165, 1.54) is 31.1 Å². The summed E-state index contributed by atoms with van der Waals surface area (Å²) >= 11 is 1.65. The van der Waals surface area contributed by atoms with Crippen LogP contribution < -0.4 is 10.6 Å². The molecule has 3 heterocycles. The summed E-state index contributed by atoms with van der Waals surface area (Å²) in [6.07, 6.45) is 5.15. The highest BCUT2D eigenvalue weighted by atomic mass is 32.1. The molecule has 0 aromatic carbocycles. The summed E-state index contributed by atoms with van der Waals surface area (Å²) in [5, 5.41) is 9.51. The van der Waals surface area contributed by atoms with E-state index in [1.54, 1.807) is 23.5 Å². The number of carbonyl (C=O) groups excluding carboxylic acids is 2. The minimum absolute atomic E-state index is 0.119. The van der Waals surface area contributed by atoms with Crippen LogP contribution in [0.3, 0.4) is 0 Å². The molecule has 7 heteroatoms. The van der Waals surface area contributed by atoms with E-state index in [0.29, 0.717) is 12.3 Å². The van der Waals surface area contributed by atoms with Gasteiger partial charge in [0.15, 0.2) is 0 Å². The number of piperidine rings is 1. The number of hydrogen-bond acceptors (Lipinski definition) is 5. The van der Waals surface area contributed by atoms with Gasteiger partial charge >= 0.3 is 11.8 Å². The van der Waals surface area contributed by atoms with Crippen molar-refractivity contribution in [2.24, 2.45) is 0 Å². The fourth-order valence-electron chi connectivity index (χ4n) is 3.08. The van der Waals surface area contributed by atoms with Gasteiger partial charge in [0, 0.05) is 6.54 Å². The van der Waals surface area contributed by atoms with Gasteiger partial charge < -0.3 is 15.1 Å². The molecule has 0 saturated carbocycles. The number of nitrogens with zero attached hydrogens (tertiary/aromatic N) is 1. The molecular weight excluding hydrogens is 338 g/mol. The number of nitrogens with one attached hydrogen (secondary N) is 2. The van der Waals surface area contributed by atoms with Crippen LogP contribution in [0.15, 0.2) is 39.6 Å². The Hall–Kier alpha value is -2.12. The first-order valence-corrected chi connectivity index (χ1v) is 9.53. The lowest BCUT2D eigenvalue weighted by molar-refractivity contribution is -0.139. The molecule has 2 amide bonds. The standard InChI is InChI=1S/C18H23N3O3S/c22-17(19-11-15-5-4-9-24-15)18(23)20-12-16(14-6-10-25-13-14)21-7-2-1-3-8-21/h4-6,9-10,13,16H,1-3,7-8,11-12H2,(H,19,22)(H,20,23). The third-order valence-corrected chi connectivity index (χ3v) is 5.13. The number of hydrogen-bond donors (Lipinski definition) is 2. The van der Waals surface area contributed by atoms with Gasteiger partial charge in [0.1, 0.15) is 5.76 Å². The van der Waals surface area contributed by atoms with Crippen LogP contribution in [0.5, 0.6) is 0 Å². The topological polar surface area (TPSA) is 74.6 Å². The Bertz CT molecular complexity index is 664. The highest BCUT2D eigenvalue weighted by Gasteiger charge is 2.24. The Kier molecular flexibility index (Phi) is 6.25. The maximum absolute atomic E-state index is 12.1. The summed E-state index contributed by atoms with van der Waals surface area (Å²) in [6, 6.07) is 5.70. The monoisotopic (exact) mass is 361 g/mol. The SMILES string of the molecule is O=C(NCc1ccco1)C(=O)NCC(c1ccsc1)N1CCCCC1. The molecule has 0 radical (unpaired) electrons. The van der Waals surface area contributed by atoms with Gasteiger partial charge in [-0.1, -0.05) is 6.42 Å². The Labute approximate surface area is 151 Å². The summed E-state index contributed by atoms with van der Waals surface area (Å²) in [5.41, 5.74) is 1.20. The first-order chi connectivity index (χ1) is 12.2. The van der Waals surface area contributed by atoms with Gasteiger partial charge in [-0.05, 0) is 60.5 Å². The molecule has 0 bridgehead atoms. The number of carbonyl (C=O) groups is 2. The Morgan fingerprint density at radius 2 is 1.96 bits per heavy atom. The summed E-state index contributed by atoms with van der Waals surface area (Å²) < 4.78 is 5.14. The van der Waals surface area contributed by atoms with Crippen LogP contribution in [0, 0.1) is 0 Å². The van der Waals surface area contributed by atoms with Crippen LogP contribution in [0.2, 0.25) is 0 Å². The van der Waals surface area contributed by atoms with Gasteiger partial charge in [-0.2, -0.15) is 11.3 Å². The molecule has 1 fully saturated rings. The van der Waals surface area contributed by atoms with Gasteiger partial charge in [-0.25, -0.2) is 0 Å². The van der Waals surface area contributed by atoms with Gasteiger partial charge in [0.2, 0.25) is 0 Å². The molecule has 1 aliphatic rings. The maximum atomic E-state index is 12.1. The van der Waals surface area contributed by atoms with Gasteiger partial charge in [0.05, 0.1) is 18.8 Å².